The minimum Gasteiger partial charge on any atom is -0.476 e. The number of fused-ring (bicyclic) bond motifs is 1. The van der Waals surface area contributed by atoms with Crippen molar-refractivity contribution in [1.29, 1.82) is 0 Å². The lowest BCUT2D eigenvalue weighted by Crippen LogP contribution is -2.15. The molecule has 3 rings (SSSR count). The molecule has 7 nitrogen and oxygen atoms in total. The highest BCUT2D eigenvalue weighted by atomic mass is 16.6. The quantitative estimate of drug-likeness (QED) is 0.352. The van der Waals surface area contributed by atoms with Crippen molar-refractivity contribution in [2.75, 3.05) is 27.2 Å². The Morgan fingerprint density at radius 3 is 2.65 bits per heavy atom. The third-order valence-corrected chi connectivity index (χ3v) is 4.07. The van der Waals surface area contributed by atoms with Crippen molar-refractivity contribution < 1.29 is 9.66 Å². The third kappa shape index (κ3) is 4.18. The summed E-state index contributed by atoms with van der Waals surface area (Å²) in [4.78, 5) is 12.8. The van der Waals surface area contributed by atoms with Gasteiger partial charge in [0.25, 0.3) is 5.69 Å². The summed E-state index contributed by atoms with van der Waals surface area (Å²) < 4.78 is 7.67. The van der Waals surface area contributed by atoms with Gasteiger partial charge in [-0.25, -0.2) is 0 Å². The van der Waals surface area contributed by atoms with E-state index in [0.717, 1.165) is 24.0 Å². The van der Waals surface area contributed by atoms with E-state index in [9.17, 15) is 10.1 Å². The summed E-state index contributed by atoms with van der Waals surface area (Å²) >= 11 is 0. The van der Waals surface area contributed by atoms with Gasteiger partial charge in [-0.2, -0.15) is 0 Å². The fourth-order valence-corrected chi connectivity index (χ4v) is 2.78. The molecule has 1 heterocycles. The van der Waals surface area contributed by atoms with Crippen LogP contribution in [0.3, 0.4) is 0 Å². The number of rotatable bonds is 8. The zero-order valence-corrected chi connectivity index (χ0v) is 15.0. The molecule has 3 aromatic rings. The van der Waals surface area contributed by atoms with Crippen LogP contribution in [0.5, 0.6) is 5.88 Å². The van der Waals surface area contributed by atoms with Crippen LogP contribution >= 0.6 is 0 Å². The molecule has 0 aliphatic carbocycles. The lowest BCUT2D eigenvalue weighted by atomic mass is 10.2. The molecule has 0 amide bonds. The molecule has 0 saturated heterocycles. The fourth-order valence-electron chi connectivity index (χ4n) is 2.78. The van der Waals surface area contributed by atoms with E-state index in [1.165, 1.54) is 12.1 Å². The summed E-state index contributed by atoms with van der Waals surface area (Å²) in [5, 5.41) is 16.3. The summed E-state index contributed by atoms with van der Waals surface area (Å²) in [5.74, 6) is 0.443. The van der Waals surface area contributed by atoms with Crippen molar-refractivity contribution in [3.63, 3.8) is 0 Å². The summed E-state index contributed by atoms with van der Waals surface area (Å²) in [6.07, 6.45) is 0.856. The van der Waals surface area contributed by atoms with Gasteiger partial charge in [0, 0.05) is 18.7 Å². The van der Waals surface area contributed by atoms with Gasteiger partial charge in [-0.15, -0.1) is 5.10 Å². The number of nitro groups is 1. The lowest BCUT2D eigenvalue weighted by Gasteiger charge is -2.09. The topological polar surface area (TPSA) is 73.4 Å². The Morgan fingerprint density at radius 1 is 1.19 bits per heavy atom. The largest absolute Gasteiger partial charge is 0.476 e. The molecule has 0 atom stereocenters. The molecular weight excluding hydrogens is 332 g/mol. The maximum atomic E-state index is 11.1. The predicted molar refractivity (Wildman–Crippen MR) is 101 cm³/mol. The van der Waals surface area contributed by atoms with Crippen molar-refractivity contribution in [2.45, 2.75) is 13.0 Å². The highest BCUT2D eigenvalue weighted by Gasteiger charge is 2.16. The fraction of sp³-hybridized carbons (Fsp3) is 0.316. The van der Waals surface area contributed by atoms with Gasteiger partial charge in [0.1, 0.15) is 0 Å². The number of hydrogen-bond donors (Lipinski definition) is 0. The van der Waals surface area contributed by atoms with Gasteiger partial charge < -0.3 is 9.64 Å². The van der Waals surface area contributed by atoms with Crippen LogP contribution in [0.15, 0.2) is 48.5 Å². The van der Waals surface area contributed by atoms with Crippen LogP contribution in [-0.4, -0.2) is 46.9 Å². The number of hydrogen-bond acceptors (Lipinski definition) is 5. The zero-order chi connectivity index (χ0) is 18.5. The third-order valence-electron chi connectivity index (χ3n) is 4.07. The van der Waals surface area contributed by atoms with Gasteiger partial charge >= 0.3 is 0 Å². The normalized spacial score (nSPS) is 11.2. The second-order valence-corrected chi connectivity index (χ2v) is 6.41. The van der Waals surface area contributed by atoms with Crippen molar-refractivity contribution in [1.82, 2.24) is 14.7 Å². The Balaban J connectivity index is 1.90. The SMILES string of the molecule is CN(C)CCCOc1nn(Cc2ccccc2)c2ccc([N+](=O)[O-])cc12. The minimum absolute atomic E-state index is 0.0369. The second-order valence-electron chi connectivity index (χ2n) is 6.41. The van der Waals surface area contributed by atoms with Gasteiger partial charge in [-0.05, 0) is 32.1 Å². The highest BCUT2D eigenvalue weighted by molar-refractivity contribution is 5.86. The number of nitrogens with zero attached hydrogens (tertiary/aromatic N) is 4. The van der Waals surface area contributed by atoms with Crippen LogP contribution < -0.4 is 4.74 Å². The summed E-state index contributed by atoms with van der Waals surface area (Å²) in [6.45, 7) is 2.00. The molecule has 0 radical (unpaired) electrons. The first kappa shape index (κ1) is 17.9. The van der Waals surface area contributed by atoms with Crippen LogP contribution in [0.1, 0.15) is 12.0 Å². The lowest BCUT2D eigenvalue weighted by molar-refractivity contribution is -0.384. The van der Waals surface area contributed by atoms with E-state index < -0.39 is 4.92 Å². The van der Waals surface area contributed by atoms with Crippen molar-refractivity contribution in [2.24, 2.45) is 0 Å². The molecule has 7 heteroatoms. The Labute approximate surface area is 151 Å². The standard InChI is InChI=1S/C19H22N4O3/c1-21(2)11-6-12-26-19-17-13-16(23(24)25)9-10-18(17)22(20-19)14-15-7-4-3-5-8-15/h3-5,7-10,13H,6,11-12,14H2,1-2H3. The molecular formula is C19H22N4O3. The molecule has 0 N–H and O–H groups in total. The number of ether oxygens (including phenoxy) is 1. The van der Waals surface area contributed by atoms with Gasteiger partial charge in [0.05, 0.1) is 29.0 Å². The molecule has 136 valence electrons. The predicted octanol–water partition coefficient (Wildman–Crippen LogP) is 3.32. The first-order valence-electron chi connectivity index (χ1n) is 8.51. The van der Waals surface area contributed by atoms with E-state index in [1.807, 2.05) is 49.1 Å². The molecule has 0 fully saturated rings. The Bertz CT molecular complexity index is 890. The maximum Gasteiger partial charge on any atom is 0.270 e. The van der Waals surface area contributed by atoms with Crippen LogP contribution in [0.4, 0.5) is 5.69 Å². The number of non-ortho nitro benzene ring substituents is 1. The van der Waals surface area contributed by atoms with E-state index >= 15 is 0 Å². The number of benzene rings is 2. The minimum atomic E-state index is -0.399. The van der Waals surface area contributed by atoms with Crippen molar-refractivity contribution >= 4 is 16.6 Å². The average Bonchev–Trinajstić information content (AvgIpc) is 2.96. The Kier molecular flexibility index (Phi) is 5.48. The summed E-state index contributed by atoms with van der Waals surface area (Å²) in [5.41, 5.74) is 1.96. The van der Waals surface area contributed by atoms with Crippen molar-refractivity contribution in [3.05, 3.63) is 64.2 Å². The molecule has 0 bridgehead atoms. The second kappa shape index (κ2) is 7.97. The van der Waals surface area contributed by atoms with Gasteiger partial charge in [-0.3, -0.25) is 14.8 Å². The van der Waals surface area contributed by atoms with E-state index in [2.05, 4.69) is 10.00 Å². The van der Waals surface area contributed by atoms with E-state index in [4.69, 9.17) is 4.74 Å². The summed E-state index contributed by atoms with van der Waals surface area (Å²) in [6, 6.07) is 14.7. The van der Waals surface area contributed by atoms with E-state index in [0.29, 0.717) is 24.4 Å². The monoisotopic (exact) mass is 354 g/mol. The number of aromatic nitrogens is 2. The average molecular weight is 354 g/mol. The Morgan fingerprint density at radius 2 is 1.96 bits per heavy atom. The van der Waals surface area contributed by atoms with Crippen LogP contribution in [0.25, 0.3) is 10.9 Å². The van der Waals surface area contributed by atoms with Crippen LogP contribution in [0, 0.1) is 10.1 Å². The molecule has 0 aliphatic rings. The molecule has 1 aromatic heterocycles. The maximum absolute atomic E-state index is 11.1. The van der Waals surface area contributed by atoms with Gasteiger partial charge in [-0.1, -0.05) is 30.3 Å². The highest BCUT2D eigenvalue weighted by Crippen LogP contribution is 2.29. The van der Waals surface area contributed by atoms with E-state index in [-0.39, 0.29) is 5.69 Å². The molecule has 0 aliphatic heterocycles. The van der Waals surface area contributed by atoms with E-state index in [1.54, 1.807) is 6.07 Å². The van der Waals surface area contributed by atoms with Crippen molar-refractivity contribution in [3.8, 4) is 5.88 Å². The first-order valence-corrected chi connectivity index (χ1v) is 8.51. The molecule has 0 spiro atoms. The molecule has 2 aromatic carbocycles. The van der Waals surface area contributed by atoms with Gasteiger partial charge in [0.15, 0.2) is 0 Å². The van der Waals surface area contributed by atoms with Crippen LogP contribution in [0.2, 0.25) is 0 Å². The molecule has 0 unspecified atom stereocenters. The zero-order valence-electron chi connectivity index (χ0n) is 15.0. The molecule has 26 heavy (non-hydrogen) atoms. The van der Waals surface area contributed by atoms with Gasteiger partial charge in [0.2, 0.25) is 5.88 Å². The molecule has 0 saturated carbocycles. The van der Waals surface area contributed by atoms with Crippen LogP contribution in [-0.2, 0) is 6.54 Å². The number of nitro benzene ring substituents is 1. The Hall–Kier alpha value is -2.93. The summed E-state index contributed by atoms with van der Waals surface area (Å²) in [7, 11) is 4.01. The first-order chi connectivity index (χ1) is 12.5. The smallest absolute Gasteiger partial charge is 0.270 e.